The lowest BCUT2D eigenvalue weighted by Gasteiger charge is -2.37. The number of amides is 1. The van der Waals surface area contributed by atoms with Gasteiger partial charge in [-0.15, -0.1) is 11.3 Å². The van der Waals surface area contributed by atoms with Crippen LogP contribution in [-0.4, -0.2) is 34.4 Å². The van der Waals surface area contributed by atoms with Crippen molar-refractivity contribution >= 4 is 44.8 Å². The third-order valence-corrected chi connectivity index (χ3v) is 6.07. The summed E-state index contributed by atoms with van der Waals surface area (Å²) in [6.07, 6.45) is 0. The highest BCUT2D eigenvalue weighted by molar-refractivity contribution is 8.00. The molecule has 1 aromatic carbocycles. The Bertz CT molecular complexity index is 711. The van der Waals surface area contributed by atoms with Gasteiger partial charge in [-0.2, -0.15) is 11.8 Å². The molecule has 0 unspecified atom stereocenters. The number of nitrogen functional groups attached to an aromatic ring is 1. The number of carbonyl (C=O) groups excluding carboxylic acids is 1. The van der Waals surface area contributed by atoms with Crippen LogP contribution in [0.25, 0.3) is 10.1 Å². The van der Waals surface area contributed by atoms with Crippen molar-refractivity contribution in [2.45, 2.75) is 18.6 Å². The summed E-state index contributed by atoms with van der Waals surface area (Å²) in [5, 5.41) is 0.633. The number of halogens is 1. The van der Waals surface area contributed by atoms with Gasteiger partial charge in [-0.05, 0) is 32.0 Å². The Morgan fingerprint density at radius 2 is 2.19 bits per heavy atom. The van der Waals surface area contributed by atoms with Crippen LogP contribution in [0, 0.1) is 5.82 Å². The monoisotopic (exact) mass is 324 g/mol. The fourth-order valence-electron chi connectivity index (χ4n) is 2.58. The average Bonchev–Trinajstić information content (AvgIpc) is 2.74. The molecule has 0 saturated carbocycles. The van der Waals surface area contributed by atoms with Crippen LogP contribution in [0.2, 0.25) is 0 Å². The van der Waals surface area contributed by atoms with Gasteiger partial charge < -0.3 is 10.6 Å². The summed E-state index contributed by atoms with van der Waals surface area (Å²) in [6, 6.07) is 4.47. The molecule has 0 aliphatic carbocycles. The van der Waals surface area contributed by atoms with E-state index >= 15 is 0 Å². The van der Waals surface area contributed by atoms with Gasteiger partial charge in [0.05, 0.1) is 5.69 Å². The summed E-state index contributed by atoms with van der Waals surface area (Å²) in [5.74, 6) is 0.557. The van der Waals surface area contributed by atoms with E-state index in [1.807, 2.05) is 16.7 Å². The van der Waals surface area contributed by atoms with Gasteiger partial charge in [0.2, 0.25) is 0 Å². The molecular weight excluding hydrogens is 307 g/mol. The first kappa shape index (κ1) is 14.7. The molecular formula is C15H17FN2OS2. The van der Waals surface area contributed by atoms with Crippen molar-refractivity contribution in [2.24, 2.45) is 0 Å². The lowest BCUT2D eigenvalue weighted by Crippen LogP contribution is -2.46. The molecule has 1 fully saturated rings. The number of hydrogen-bond acceptors (Lipinski definition) is 4. The number of fused-ring (bicyclic) bond motifs is 1. The fourth-order valence-corrected chi connectivity index (χ4v) is 4.76. The Hall–Kier alpha value is -1.27. The molecule has 0 atom stereocenters. The summed E-state index contributed by atoms with van der Waals surface area (Å²) in [4.78, 5) is 15.1. The number of thioether (sulfide) groups is 1. The maximum atomic E-state index is 13.3. The summed E-state index contributed by atoms with van der Waals surface area (Å²) < 4.78 is 14.2. The second kappa shape index (κ2) is 5.18. The molecule has 1 saturated heterocycles. The van der Waals surface area contributed by atoms with E-state index in [0.717, 1.165) is 17.0 Å². The Balaban J connectivity index is 1.96. The predicted molar refractivity (Wildman–Crippen MR) is 88.6 cm³/mol. The average molecular weight is 324 g/mol. The molecule has 3 rings (SSSR count). The number of carbonyl (C=O) groups is 1. The van der Waals surface area contributed by atoms with Crippen LogP contribution in [0.4, 0.5) is 10.1 Å². The SMILES string of the molecule is CC1(C)CN(C(=O)c2sc3ccc(F)cc3c2N)CCS1. The molecule has 0 bridgehead atoms. The molecule has 2 aromatic rings. The van der Waals surface area contributed by atoms with Crippen molar-refractivity contribution in [3.63, 3.8) is 0 Å². The van der Waals surface area contributed by atoms with Crippen LogP contribution < -0.4 is 5.73 Å². The number of nitrogens with two attached hydrogens (primary N) is 1. The Morgan fingerprint density at radius 3 is 2.90 bits per heavy atom. The van der Waals surface area contributed by atoms with Gasteiger partial charge in [0.1, 0.15) is 10.7 Å². The highest BCUT2D eigenvalue weighted by atomic mass is 32.2. The van der Waals surface area contributed by atoms with Crippen LogP contribution in [0.5, 0.6) is 0 Å². The standard InChI is InChI=1S/C15H17FN2OS2/c1-15(2)8-18(5-6-20-15)14(19)13-12(17)10-7-9(16)3-4-11(10)21-13/h3-4,7H,5-6,8,17H2,1-2H3. The number of thiophene rings is 1. The summed E-state index contributed by atoms with van der Waals surface area (Å²) >= 11 is 3.22. The first-order chi connectivity index (χ1) is 9.87. The third-order valence-electron chi connectivity index (χ3n) is 3.60. The van der Waals surface area contributed by atoms with Crippen LogP contribution in [0.3, 0.4) is 0 Å². The molecule has 2 N–H and O–H groups in total. The minimum Gasteiger partial charge on any atom is -0.397 e. The zero-order chi connectivity index (χ0) is 15.2. The minimum absolute atomic E-state index is 0.0394. The van der Waals surface area contributed by atoms with Crippen molar-refractivity contribution in [1.82, 2.24) is 4.90 Å². The zero-order valence-electron chi connectivity index (χ0n) is 12.0. The van der Waals surface area contributed by atoms with Gasteiger partial charge in [-0.3, -0.25) is 4.79 Å². The summed E-state index contributed by atoms with van der Waals surface area (Å²) in [6.45, 7) is 5.72. The third kappa shape index (κ3) is 2.74. The summed E-state index contributed by atoms with van der Waals surface area (Å²) in [7, 11) is 0. The predicted octanol–water partition coefficient (Wildman–Crippen LogP) is 3.59. The molecule has 2 heterocycles. The van der Waals surface area contributed by atoms with Gasteiger partial charge in [-0.25, -0.2) is 4.39 Å². The van der Waals surface area contributed by atoms with E-state index in [4.69, 9.17) is 5.73 Å². The zero-order valence-corrected chi connectivity index (χ0v) is 13.6. The van der Waals surface area contributed by atoms with Crippen LogP contribution in [0.1, 0.15) is 23.5 Å². The Morgan fingerprint density at radius 1 is 1.43 bits per heavy atom. The van der Waals surface area contributed by atoms with Crippen molar-refractivity contribution < 1.29 is 9.18 Å². The van der Waals surface area contributed by atoms with Gasteiger partial charge in [-0.1, -0.05) is 0 Å². The number of rotatable bonds is 1. The van der Waals surface area contributed by atoms with E-state index < -0.39 is 0 Å². The minimum atomic E-state index is -0.332. The molecule has 0 spiro atoms. The molecule has 1 amide bonds. The van der Waals surface area contributed by atoms with Crippen molar-refractivity contribution in [3.8, 4) is 0 Å². The quantitative estimate of drug-likeness (QED) is 0.872. The largest absolute Gasteiger partial charge is 0.397 e. The van der Waals surface area contributed by atoms with E-state index in [1.165, 1.54) is 23.5 Å². The molecule has 21 heavy (non-hydrogen) atoms. The van der Waals surface area contributed by atoms with Gasteiger partial charge >= 0.3 is 0 Å². The van der Waals surface area contributed by atoms with Gasteiger partial charge in [0, 0.05) is 33.7 Å². The maximum absolute atomic E-state index is 13.3. The molecule has 112 valence electrons. The van der Waals surface area contributed by atoms with E-state index in [1.54, 1.807) is 6.07 Å². The number of nitrogens with zero attached hydrogens (tertiary/aromatic N) is 1. The van der Waals surface area contributed by atoms with Crippen molar-refractivity contribution in [3.05, 3.63) is 28.9 Å². The Kier molecular flexibility index (Phi) is 3.61. The van der Waals surface area contributed by atoms with E-state index in [0.29, 0.717) is 22.5 Å². The van der Waals surface area contributed by atoms with Crippen molar-refractivity contribution in [2.75, 3.05) is 24.6 Å². The topological polar surface area (TPSA) is 46.3 Å². The van der Waals surface area contributed by atoms with Gasteiger partial charge in [0.25, 0.3) is 5.91 Å². The maximum Gasteiger partial charge on any atom is 0.266 e. The number of benzene rings is 1. The van der Waals surface area contributed by atoms with Gasteiger partial charge in [0.15, 0.2) is 0 Å². The van der Waals surface area contributed by atoms with E-state index in [9.17, 15) is 9.18 Å². The molecule has 1 aliphatic rings. The number of anilines is 1. The highest BCUT2D eigenvalue weighted by Crippen LogP contribution is 2.36. The first-order valence-corrected chi connectivity index (χ1v) is 8.58. The van der Waals surface area contributed by atoms with E-state index in [-0.39, 0.29) is 16.5 Å². The second-order valence-electron chi connectivity index (χ2n) is 5.82. The van der Waals surface area contributed by atoms with Crippen LogP contribution in [0.15, 0.2) is 18.2 Å². The van der Waals surface area contributed by atoms with E-state index in [2.05, 4.69) is 13.8 Å². The lowest BCUT2D eigenvalue weighted by atomic mass is 10.1. The first-order valence-electron chi connectivity index (χ1n) is 6.78. The smallest absolute Gasteiger partial charge is 0.266 e. The molecule has 0 radical (unpaired) electrons. The second-order valence-corrected chi connectivity index (χ2v) is 8.67. The Labute approximate surface area is 131 Å². The normalized spacial score (nSPS) is 18.1. The lowest BCUT2D eigenvalue weighted by molar-refractivity contribution is 0.0754. The molecule has 6 heteroatoms. The fraction of sp³-hybridized carbons (Fsp3) is 0.400. The van der Waals surface area contributed by atoms with Crippen LogP contribution in [-0.2, 0) is 0 Å². The van der Waals surface area contributed by atoms with Crippen molar-refractivity contribution in [1.29, 1.82) is 0 Å². The molecule has 1 aliphatic heterocycles. The molecule has 3 nitrogen and oxygen atoms in total. The number of hydrogen-bond donors (Lipinski definition) is 1. The van der Waals surface area contributed by atoms with Crippen LogP contribution >= 0.6 is 23.1 Å². The molecule has 1 aromatic heterocycles. The summed E-state index contributed by atoms with van der Waals surface area (Å²) in [5.41, 5.74) is 6.47. The highest BCUT2D eigenvalue weighted by Gasteiger charge is 2.31.